The first kappa shape index (κ1) is 19.7. The van der Waals surface area contributed by atoms with E-state index in [1.54, 1.807) is 18.3 Å². The number of aromatic amines is 1. The zero-order chi connectivity index (χ0) is 17.5. The Morgan fingerprint density at radius 1 is 1.23 bits per heavy atom. The number of amides is 1. The van der Waals surface area contributed by atoms with Gasteiger partial charge in [-0.15, -0.1) is 12.4 Å². The Hall–Kier alpha value is -2.63. The van der Waals surface area contributed by atoms with Gasteiger partial charge >= 0.3 is 0 Å². The Morgan fingerprint density at radius 2 is 2.04 bits per heavy atom. The van der Waals surface area contributed by atoms with Gasteiger partial charge in [0.2, 0.25) is 5.91 Å². The summed E-state index contributed by atoms with van der Waals surface area (Å²) in [5, 5.41) is 4.04. The van der Waals surface area contributed by atoms with Crippen molar-refractivity contribution in [3.05, 3.63) is 72.1 Å². The van der Waals surface area contributed by atoms with Gasteiger partial charge in [-0.2, -0.15) is 0 Å². The van der Waals surface area contributed by atoms with E-state index < -0.39 is 0 Å². The zero-order valence-corrected chi connectivity index (χ0v) is 15.2. The minimum Gasteiger partial charge on any atom is -0.349 e. The van der Waals surface area contributed by atoms with Crippen molar-refractivity contribution in [1.82, 2.24) is 15.3 Å². The van der Waals surface area contributed by atoms with Gasteiger partial charge in [-0.3, -0.25) is 4.79 Å². The number of halogens is 1. The molecule has 0 saturated carbocycles. The molecule has 0 radical (unpaired) electrons. The number of H-pyrrole nitrogens is 1. The van der Waals surface area contributed by atoms with Crippen molar-refractivity contribution in [2.24, 2.45) is 5.73 Å². The van der Waals surface area contributed by atoms with E-state index in [1.165, 1.54) is 5.56 Å². The molecule has 0 aliphatic carbocycles. The summed E-state index contributed by atoms with van der Waals surface area (Å²) in [6.45, 7) is 0.537. The molecule has 2 aromatic heterocycles. The lowest BCUT2D eigenvalue weighted by Crippen LogP contribution is -2.37. The van der Waals surface area contributed by atoms with Gasteiger partial charge in [0.1, 0.15) is 5.65 Å². The molecule has 5 nitrogen and oxygen atoms in total. The largest absolute Gasteiger partial charge is 0.349 e. The molecule has 0 aliphatic rings. The molecule has 3 aromatic rings. The number of nitrogens with zero attached hydrogens (tertiary/aromatic N) is 1. The van der Waals surface area contributed by atoms with E-state index in [4.69, 9.17) is 5.73 Å². The van der Waals surface area contributed by atoms with E-state index in [-0.39, 0.29) is 24.4 Å². The van der Waals surface area contributed by atoms with E-state index in [0.29, 0.717) is 6.54 Å². The average Bonchev–Trinajstić information content (AvgIpc) is 3.04. The van der Waals surface area contributed by atoms with Crippen molar-refractivity contribution in [3.63, 3.8) is 0 Å². The Labute approximate surface area is 159 Å². The van der Waals surface area contributed by atoms with Crippen LogP contribution >= 0.6 is 12.4 Å². The highest BCUT2D eigenvalue weighted by Crippen LogP contribution is 2.16. The highest BCUT2D eigenvalue weighted by atomic mass is 35.5. The average molecular weight is 371 g/mol. The number of rotatable bonds is 7. The monoisotopic (exact) mass is 370 g/mol. The normalized spacial score (nSPS) is 12.0. The molecule has 1 aromatic carbocycles. The minimum atomic E-state index is -0.118. The first-order chi connectivity index (χ1) is 12.3. The van der Waals surface area contributed by atoms with Gasteiger partial charge in [-0.25, -0.2) is 4.98 Å². The van der Waals surface area contributed by atoms with Crippen LogP contribution in [0.3, 0.4) is 0 Å². The van der Waals surface area contributed by atoms with Crippen molar-refractivity contribution in [3.8, 4) is 0 Å². The third-order valence-electron chi connectivity index (χ3n) is 4.08. The predicted molar refractivity (Wildman–Crippen MR) is 108 cm³/mol. The number of carbonyl (C=O) groups is 1. The Kier molecular flexibility index (Phi) is 7.38. The first-order valence-electron chi connectivity index (χ1n) is 8.41. The maximum atomic E-state index is 12.3. The fourth-order valence-corrected chi connectivity index (χ4v) is 2.85. The van der Waals surface area contributed by atoms with Crippen molar-refractivity contribution in [2.45, 2.75) is 18.9 Å². The maximum Gasteiger partial charge on any atom is 0.244 e. The summed E-state index contributed by atoms with van der Waals surface area (Å²) in [6.07, 6.45) is 8.46. The summed E-state index contributed by atoms with van der Waals surface area (Å²) in [4.78, 5) is 19.6. The summed E-state index contributed by atoms with van der Waals surface area (Å²) >= 11 is 0. The molecule has 0 aliphatic heterocycles. The quantitative estimate of drug-likeness (QED) is 0.559. The number of hydrogen-bond acceptors (Lipinski definition) is 3. The molecule has 2 heterocycles. The standard InChI is InChI=1S/C20H22N4O.ClH/c21-11-10-17(13-15-5-2-1-3-6-15)24-19(25)9-8-16-14-23-20-18(16)7-4-12-22-20;/h1-9,12,14,17H,10-11,13,21H2,(H,22,23)(H,24,25);1H/t17-;/m1./s1. The highest BCUT2D eigenvalue weighted by molar-refractivity contribution is 5.95. The van der Waals surface area contributed by atoms with Crippen molar-refractivity contribution in [2.75, 3.05) is 6.54 Å². The van der Waals surface area contributed by atoms with Crippen LogP contribution in [0.1, 0.15) is 17.5 Å². The van der Waals surface area contributed by atoms with Gasteiger partial charge in [-0.1, -0.05) is 30.3 Å². The van der Waals surface area contributed by atoms with Crippen LogP contribution < -0.4 is 11.1 Å². The lowest BCUT2D eigenvalue weighted by atomic mass is 10.0. The maximum absolute atomic E-state index is 12.3. The van der Waals surface area contributed by atoms with E-state index >= 15 is 0 Å². The van der Waals surface area contributed by atoms with Crippen molar-refractivity contribution < 1.29 is 4.79 Å². The lowest BCUT2D eigenvalue weighted by Gasteiger charge is -2.17. The third-order valence-corrected chi connectivity index (χ3v) is 4.08. The zero-order valence-electron chi connectivity index (χ0n) is 14.4. The topological polar surface area (TPSA) is 83.8 Å². The van der Waals surface area contributed by atoms with Gasteiger partial charge in [0.25, 0.3) is 0 Å². The number of nitrogens with two attached hydrogens (primary N) is 1. The van der Waals surface area contributed by atoms with Crippen LogP contribution in [0.5, 0.6) is 0 Å². The number of pyridine rings is 1. The number of nitrogens with one attached hydrogen (secondary N) is 2. The van der Waals surface area contributed by atoms with Gasteiger partial charge in [0, 0.05) is 35.5 Å². The fraction of sp³-hybridized carbons (Fsp3) is 0.200. The third kappa shape index (κ3) is 5.18. The lowest BCUT2D eigenvalue weighted by molar-refractivity contribution is -0.117. The van der Waals surface area contributed by atoms with Crippen molar-refractivity contribution >= 4 is 35.4 Å². The molecule has 3 rings (SSSR count). The molecule has 0 bridgehead atoms. The second kappa shape index (κ2) is 9.75. The van der Waals surface area contributed by atoms with Crippen LogP contribution in [-0.4, -0.2) is 28.5 Å². The van der Waals surface area contributed by atoms with Crippen LogP contribution in [0.25, 0.3) is 17.1 Å². The summed E-state index contributed by atoms with van der Waals surface area (Å²) < 4.78 is 0. The Balaban J connectivity index is 0.00000243. The van der Waals surface area contributed by atoms with Crippen LogP contribution in [0.4, 0.5) is 0 Å². The van der Waals surface area contributed by atoms with Gasteiger partial charge in [0.05, 0.1) is 0 Å². The second-order valence-corrected chi connectivity index (χ2v) is 5.95. The molecule has 0 spiro atoms. The van der Waals surface area contributed by atoms with Crippen molar-refractivity contribution in [1.29, 1.82) is 0 Å². The Morgan fingerprint density at radius 3 is 2.81 bits per heavy atom. The fourth-order valence-electron chi connectivity index (χ4n) is 2.85. The molecule has 4 N–H and O–H groups in total. The molecule has 1 atom stereocenters. The number of carbonyl (C=O) groups excluding carboxylic acids is 1. The predicted octanol–water partition coefficient (Wildman–Crippen LogP) is 3.07. The number of benzene rings is 1. The van der Waals surface area contributed by atoms with Crippen LogP contribution in [0, 0.1) is 0 Å². The van der Waals surface area contributed by atoms with E-state index in [9.17, 15) is 4.79 Å². The first-order valence-corrected chi connectivity index (χ1v) is 8.41. The molecule has 6 heteroatoms. The SMILES string of the molecule is Cl.NCC[C@H](Cc1ccccc1)NC(=O)C=Cc1c[nH]c2ncccc12. The summed E-state index contributed by atoms with van der Waals surface area (Å²) in [5.41, 5.74) is 8.63. The second-order valence-electron chi connectivity index (χ2n) is 5.95. The van der Waals surface area contributed by atoms with E-state index in [1.807, 2.05) is 36.5 Å². The molecule has 0 unspecified atom stereocenters. The van der Waals surface area contributed by atoms with Gasteiger partial charge < -0.3 is 16.0 Å². The number of fused-ring (bicyclic) bond motifs is 1. The smallest absolute Gasteiger partial charge is 0.244 e. The van der Waals surface area contributed by atoms with Crippen LogP contribution in [0.15, 0.2) is 60.9 Å². The number of aromatic nitrogens is 2. The molecule has 1 amide bonds. The molecule has 26 heavy (non-hydrogen) atoms. The van der Waals surface area contributed by atoms with Gasteiger partial charge in [-0.05, 0) is 43.2 Å². The van der Waals surface area contributed by atoms with Crippen LogP contribution in [0.2, 0.25) is 0 Å². The summed E-state index contributed by atoms with van der Waals surface area (Å²) in [7, 11) is 0. The Bertz CT molecular complexity index is 860. The molecule has 136 valence electrons. The van der Waals surface area contributed by atoms with E-state index in [0.717, 1.165) is 29.4 Å². The minimum absolute atomic E-state index is 0. The van der Waals surface area contributed by atoms with E-state index in [2.05, 4.69) is 27.4 Å². The summed E-state index contributed by atoms with van der Waals surface area (Å²) in [6, 6.07) is 14.0. The van der Waals surface area contributed by atoms with Crippen LogP contribution in [-0.2, 0) is 11.2 Å². The molecular formula is C20H23ClN4O. The molecule has 0 fully saturated rings. The number of hydrogen-bond donors (Lipinski definition) is 3. The molecular weight excluding hydrogens is 348 g/mol. The van der Waals surface area contributed by atoms with Gasteiger partial charge in [0.15, 0.2) is 0 Å². The highest BCUT2D eigenvalue weighted by Gasteiger charge is 2.11. The summed E-state index contributed by atoms with van der Waals surface area (Å²) in [5.74, 6) is -0.118. The molecule has 0 saturated heterocycles.